The quantitative estimate of drug-likeness (QED) is 0.490. The smallest absolute Gasteiger partial charge is 0.262 e. The van der Waals surface area contributed by atoms with Gasteiger partial charge in [-0.25, -0.2) is 0 Å². The zero-order valence-corrected chi connectivity index (χ0v) is 19.2. The van der Waals surface area contributed by atoms with E-state index in [-0.39, 0.29) is 16.3 Å². The molecule has 0 radical (unpaired) electrons. The summed E-state index contributed by atoms with van der Waals surface area (Å²) in [4.78, 5) is 11.7. The van der Waals surface area contributed by atoms with Gasteiger partial charge in [0, 0.05) is 12.7 Å². The summed E-state index contributed by atoms with van der Waals surface area (Å²) >= 11 is 1.28. The van der Waals surface area contributed by atoms with Crippen LogP contribution in [0.5, 0.6) is 0 Å². The van der Waals surface area contributed by atoms with Crippen LogP contribution in [0.4, 0.5) is 0 Å². The molecule has 3 aromatic rings. The molecule has 0 bridgehead atoms. The molecular formula is C24H28O3SSi. The molecule has 3 rings (SSSR count). The molecular weight excluding hydrogens is 396 g/mol. The Morgan fingerprint density at radius 1 is 0.966 bits per heavy atom. The van der Waals surface area contributed by atoms with Crippen LogP contribution in [0.2, 0.25) is 5.04 Å². The third-order valence-electron chi connectivity index (χ3n) is 5.03. The number of thioether (sulfide) groups is 1. The molecule has 0 saturated heterocycles. The van der Waals surface area contributed by atoms with Gasteiger partial charge in [0.2, 0.25) is 0 Å². The van der Waals surface area contributed by atoms with Crippen LogP contribution in [0, 0.1) is 0 Å². The van der Waals surface area contributed by atoms with Gasteiger partial charge in [-0.15, -0.1) is 0 Å². The van der Waals surface area contributed by atoms with Gasteiger partial charge in [-0.1, -0.05) is 93.2 Å². The minimum absolute atomic E-state index is 0.0765. The van der Waals surface area contributed by atoms with E-state index in [0.717, 1.165) is 5.76 Å². The van der Waals surface area contributed by atoms with E-state index in [0.29, 0.717) is 5.75 Å². The lowest BCUT2D eigenvalue weighted by molar-refractivity contribution is -0.109. The Balaban J connectivity index is 2.17. The molecule has 0 N–H and O–H groups in total. The number of benzene rings is 2. The van der Waals surface area contributed by atoms with Crippen molar-refractivity contribution in [3.05, 3.63) is 84.8 Å². The summed E-state index contributed by atoms with van der Waals surface area (Å²) in [6.07, 6.45) is 1.35. The van der Waals surface area contributed by atoms with Crippen LogP contribution in [0.3, 0.4) is 0 Å². The van der Waals surface area contributed by atoms with Crippen molar-refractivity contribution in [2.24, 2.45) is 0 Å². The standard InChI is InChI=1S/C24H28O3SSi/c1-19(25)28-18-23(22-16-11-17-26-22)27-29(24(2,3)4,20-12-7-5-8-13-20)21-14-9-6-10-15-21/h5-17,23H,18H2,1-4H3/t23-/m1/s1. The summed E-state index contributed by atoms with van der Waals surface area (Å²) in [7, 11) is -2.73. The first-order chi connectivity index (χ1) is 13.8. The van der Waals surface area contributed by atoms with E-state index in [2.05, 4.69) is 69.3 Å². The molecule has 1 heterocycles. The summed E-state index contributed by atoms with van der Waals surface area (Å²) in [5, 5.41) is 2.36. The highest BCUT2D eigenvalue weighted by Crippen LogP contribution is 2.40. The maximum atomic E-state index is 11.7. The number of carbonyl (C=O) groups excluding carboxylic acids is 1. The van der Waals surface area contributed by atoms with Crippen LogP contribution < -0.4 is 10.4 Å². The monoisotopic (exact) mass is 424 g/mol. The molecule has 0 aliphatic heterocycles. The van der Waals surface area contributed by atoms with E-state index < -0.39 is 8.32 Å². The van der Waals surface area contributed by atoms with Crippen molar-refractivity contribution in [3.8, 4) is 0 Å². The number of hydrogen-bond acceptors (Lipinski definition) is 4. The fourth-order valence-corrected chi connectivity index (χ4v) is 9.13. The third kappa shape index (κ3) is 4.74. The molecule has 0 unspecified atom stereocenters. The Kier molecular flexibility index (Phi) is 6.83. The minimum Gasteiger partial charge on any atom is -0.467 e. The normalized spacial score (nSPS) is 13.2. The summed E-state index contributed by atoms with van der Waals surface area (Å²) in [5.74, 6) is 1.28. The molecule has 1 atom stereocenters. The van der Waals surface area contributed by atoms with Crippen molar-refractivity contribution in [3.63, 3.8) is 0 Å². The van der Waals surface area contributed by atoms with Gasteiger partial charge in [-0.05, 0) is 27.5 Å². The van der Waals surface area contributed by atoms with Gasteiger partial charge in [0.15, 0.2) is 5.12 Å². The molecule has 0 aliphatic rings. The second kappa shape index (κ2) is 9.16. The predicted octanol–water partition coefficient (Wildman–Crippen LogP) is 5.18. The Bertz CT molecular complexity index is 863. The SMILES string of the molecule is CC(=O)SC[C@@H](O[Si](c1ccccc1)(c1ccccc1)C(C)(C)C)c1ccco1. The molecule has 152 valence electrons. The molecule has 0 saturated carbocycles. The van der Waals surface area contributed by atoms with Gasteiger partial charge in [0.25, 0.3) is 8.32 Å². The maximum absolute atomic E-state index is 11.7. The highest BCUT2D eigenvalue weighted by Gasteiger charge is 2.51. The van der Waals surface area contributed by atoms with Crippen molar-refractivity contribution in [1.82, 2.24) is 0 Å². The van der Waals surface area contributed by atoms with Crippen LogP contribution in [-0.2, 0) is 9.22 Å². The van der Waals surface area contributed by atoms with Gasteiger partial charge in [-0.2, -0.15) is 0 Å². The van der Waals surface area contributed by atoms with Crippen molar-refractivity contribution in [2.75, 3.05) is 5.75 Å². The van der Waals surface area contributed by atoms with Crippen molar-refractivity contribution in [2.45, 2.75) is 38.8 Å². The number of carbonyl (C=O) groups is 1. The molecule has 5 heteroatoms. The van der Waals surface area contributed by atoms with E-state index in [1.165, 1.54) is 22.1 Å². The average Bonchev–Trinajstić information content (AvgIpc) is 3.23. The topological polar surface area (TPSA) is 39.4 Å². The highest BCUT2D eigenvalue weighted by atomic mass is 32.2. The third-order valence-corrected chi connectivity index (χ3v) is 11.0. The zero-order chi connectivity index (χ0) is 20.9. The van der Waals surface area contributed by atoms with Crippen LogP contribution >= 0.6 is 11.8 Å². The van der Waals surface area contributed by atoms with Crippen molar-refractivity contribution >= 4 is 35.6 Å². The summed E-state index contributed by atoms with van der Waals surface area (Å²) < 4.78 is 12.9. The molecule has 1 aromatic heterocycles. The van der Waals surface area contributed by atoms with Gasteiger partial charge in [0.05, 0.1) is 6.26 Å². The summed E-state index contributed by atoms with van der Waals surface area (Å²) in [6.45, 7) is 8.33. The molecule has 3 nitrogen and oxygen atoms in total. The Labute approximate surface area is 178 Å². The van der Waals surface area contributed by atoms with Gasteiger partial charge in [-0.3, -0.25) is 4.79 Å². The summed E-state index contributed by atoms with van der Waals surface area (Å²) in [6, 6.07) is 24.8. The Hall–Kier alpha value is -2.08. The van der Waals surface area contributed by atoms with E-state index in [1.807, 2.05) is 24.3 Å². The predicted molar refractivity (Wildman–Crippen MR) is 123 cm³/mol. The largest absolute Gasteiger partial charge is 0.467 e. The van der Waals surface area contributed by atoms with Gasteiger partial charge in [0.1, 0.15) is 11.9 Å². The lowest BCUT2D eigenvalue weighted by Gasteiger charge is -2.44. The fraction of sp³-hybridized carbons (Fsp3) is 0.292. The minimum atomic E-state index is -2.73. The van der Waals surface area contributed by atoms with Crippen molar-refractivity contribution < 1.29 is 13.6 Å². The Morgan fingerprint density at radius 2 is 1.52 bits per heavy atom. The Morgan fingerprint density at radius 3 is 1.93 bits per heavy atom. The second-order valence-electron chi connectivity index (χ2n) is 8.09. The first-order valence-electron chi connectivity index (χ1n) is 9.80. The molecule has 0 fully saturated rings. The number of rotatable bonds is 7. The van der Waals surface area contributed by atoms with E-state index >= 15 is 0 Å². The van der Waals surface area contributed by atoms with E-state index in [4.69, 9.17) is 8.84 Å². The highest BCUT2D eigenvalue weighted by molar-refractivity contribution is 8.13. The molecule has 0 amide bonds. The number of hydrogen-bond donors (Lipinski definition) is 0. The second-order valence-corrected chi connectivity index (χ2v) is 13.5. The lowest BCUT2D eigenvalue weighted by atomic mass is 10.2. The van der Waals surface area contributed by atoms with Crippen molar-refractivity contribution in [1.29, 1.82) is 0 Å². The summed E-state index contributed by atoms with van der Waals surface area (Å²) in [5.41, 5.74) is 0. The number of furan rings is 1. The first kappa shape index (κ1) is 21.6. The van der Waals surface area contributed by atoms with E-state index in [1.54, 1.807) is 13.2 Å². The van der Waals surface area contributed by atoms with Crippen LogP contribution in [0.1, 0.15) is 39.6 Å². The zero-order valence-electron chi connectivity index (χ0n) is 17.4. The van der Waals surface area contributed by atoms with Crippen LogP contribution in [0.25, 0.3) is 0 Å². The van der Waals surface area contributed by atoms with E-state index in [9.17, 15) is 4.79 Å². The molecule has 0 aliphatic carbocycles. The maximum Gasteiger partial charge on any atom is 0.262 e. The molecule has 29 heavy (non-hydrogen) atoms. The molecule has 2 aromatic carbocycles. The van der Waals surface area contributed by atoms with Crippen LogP contribution in [-0.4, -0.2) is 19.2 Å². The molecule has 0 spiro atoms. The van der Waals surface area contributed by atoms with Gasteiger partial charge >= 0.3 is 0 Å². The first-order valence-corrected chi connectivity index (χ1v) is 12.7. The van der Waals surface area contributed by atoms with Gasteiger partial charge < -0.3 is 8.84 Å². The lowest BCUT2D eigenvalue weighted by Crippen LogP contribution is -2.67. The van der Waals surface area contributed by atoms with Crippen LogP contribution in [0.15, 0.2) is 83.5 Å². The average molecular weight is 425 g/mol. The fourth-order valence-electron chi connectivity index (χ4n) is 3.75.